The molecule has 1 aliphatic rings. The summed E-state index contributed by atoms with van der Waals surface area (Å²) < 4.78 is 5.89. The van der Waals surface area contributed by atoms with E-state index in [-0.39, 0.29) is 5.41 Å². The molecule has 2 rings (SSSR count). The number of benzene rings is 1. The fraction of sp³-hybridized carbons (Fsp3) is 0.500. The van der Waals surface area contributed by atoms with Gasteiger partial charge in [0.2, 0.25) is 0 Å². The van der Waals surface area contributed by atoms with Gasteiger partial charge >= 0.3 is 0 Å². The highest BCUT2D eigenvalue weighted by Crippen LogP contribution is 2.43. The lowest BCUT2D eigenvalue weighted by Crippen LogP contribution is -2.23. The molecule has 1 aliphatic heterocycles. The minimum absolute atomic E-state index is 0.174. The third-order valence-corrected chi connectivity index (χ3v) is 3.36. The predicted molar refractivity (Wildman–Crippen MR) is 73.2 cm³/mol. The van der Waals surface area contributed by atoms with Gasteiger partial charge in [-0.1, -0.05) is 52.8 Å². The number of para-hydroxylation sites is 1. The van der Waals surface area contributed by atoms with E-state index in [1.165, 1.54) is 16.7 Å². The molecule has 0 fully saturated rings. The molecule has 0 aromatic heterocycles. The average Bonchev–Trinajstić information content (AvgIpc) is 2.26. The van der Waals surface area contributed by atoms with E-state index in [4.69, 9.17) is 4.74 Å². The van der Waals surface area contributed by atoms with Crippen molar-refractivity contribution < 1.29 is 4.74 Å². The van der Waals surface area contributed by atoms with Crippen molar-refractivity contribution in [1.82, 2.24) is 0 Å². The first-order valence-corrected chi connectivity index (χ1v) is 6.37. The molecule has 1 heteroatoms. The highest BCUT2D eigenvalue weighted by molar-refractivity contribution is 5.76. The quantitative estimate of drug-likeness (QED) is 0.688. The Hall–Kier alpha value is -1.24. The summed E-state index contributed by atoms with van der Waals surface area (Å²) >= 11 is 0. The van der Waals surface area contributed by atoms with Gasteiger partial charge in [-0.2, -0.15) is 0 Å². The number of allylic oxidation sites excluding steroid dienone is 1. The van der Waals surface area contributed by atoms with Gasteiger partial charge in [-0.25, -0.2) is 0 Å². The number of ether oxygens (including phenoxy) is 1. The molecule has 0 unspecified atom stereocenters. The molecular formula is C16H22O. The Bertz CT molecular complexity index is 447. The molecule has 92 valence electrons. The van der Waals surface area contributed by atoms with E-state index in [1.807, 2.05) is 6.07 Å². The van der Waals surface area contributed by atoms with Crippen molar-refractivity contribution in [2.75, 3.05) is 6.61 Å². The van der Waals surface area contributed by atoms with Crippen molar-refractivity contribution in [2.45, 2.75) is 34.6 Å². The van der Waals surface area contributed by atoms with Crippen LogP contribution in [-0.4, -0.2) is 6.61 Å². The fourth-order valence-corrected chi connectivity index (χ4v) is 2.49. The van der Waals surface area contributed by atoms with E-state index >= 15 is 0 Å². The third-order valence-electron chi connectivity index (χ3n) is 3.36. The smallest absolute Gasteiger partial charge is 0.127 e. The predicted octanol–water partition coefficient (Wildman–Crippen LogP) is 4.53. The van der Waals surface area contributed by atoms with Crippen LogP contribution in [0.5, 0.6) is 5.75 Å². The lowest BCUT2D eigenvalue weighted by molar-refractivity contribution is 0.306. The zero-order valence-electron chi connectivity index (χ0n) is 11.5. The van der Waals surface area contributed by atoms with Crippen molar-refractivity contribution in [3.05, 3.63) is 35.4 Å². The molecule has 1 aromatic rings. The molecule has 1 heterocycles. The largest absolute Gasteiger partial charge is 0.489 e. The third kappa shape index (κ3) is 2.24. The van der Waals surface area contributed by atoms with Gasteiger partial charge in [0.15, 0.2) is 0 Å². The van der Waals surface area contributed by atoms with Gasteiger partial charge in [0.25, 0.3) is 0 Å². The summed E-state index contributed by atoms with van der Waals surface area (Å²) in [5.41, 5.74) is 4.36. The Morgan fingerprint density at radius 3 is 2.35 bits per heavy atom. The van der Waals surface area contributed by atoms with Crippen LogP contribution in [-0.2, 0) is 0 Å². The van der Waals surface area contributed by atoms with E-state index in [2.05, 4.69) is 52.8 Å². The number of hydrogen-bond donors (Lipinski definition) is 0. The van der Waals surface area contributed by atoms with Crippen LogP contribution in [0.4, 0.5) is 0 Å². The number of fused-ring (bicyclic) bond motifs is 1. The molecule has 17 heavy (non-hydrogen) atoms. The lowest BCUT2D eigenvalue weighted by atomic mass is 9.77. The molecule has 0 saturated carbocycles. The molecule has 0 saturated heterocycles. The number of rotatable bonds is 1. The van der Waals surface area contributed by atoms with Gasteiger partial charge in [0.1, 0.15) is 12.4 Å². The van der Waals surface area contributed by atoms with Crippen molar-refractivity contribution in [1.29, 1.82) is 0 Å². The maximum absolute atomic E-state index is 5.89. The van der Waals surface area contributed by atoms with E-state index in [9.17, 15) is 0 Å². The maximum Gasteiger partial charge on any atom is 0.127 e. The van der Waals surface area contributed by atoms with Crippen LogP contribution in [0.15, 0.2) is 29.8 Å². The second-order valence-corrected chi connectivity index (χ2v) is 6.08. The van der Waals surface area contributed by atoms with E-state index in [1.54, 1.807) is 0 Å². The monoisotopic (exact) mass is 230 g/mol. The van der Waals surface area contributed by atoms with Crippen LogP contribution in [0.2, 0.25) is 0 Å². The van der Waals surface area contributed by atoms with E-state index < -0.39 is 0 Å². The van der Waals surface area contributed by atoms with Crippen molar-refractivity contribution >= 4 is 5.57 Å². The molecule has 0 amide bonds. The Morgan fingerprint density at radius 2 is 1.76 bits per heavy atom. The molecule has 0 N–H and O–H groups in total. The maximum atomic E-state index is 5.89. The summed E-state index contributed by atoms with van der Waals surface area (Å²) in [6.45, 7) is 12.1. The minimum atomic E-state index is 0.174. The summed E-state index contributed by atoms with van der Waals surface area (Å²) in [7, 11) is 0. The minimum Gasteiger partial charge on any atom is -0.489 e. The molecule has 1 aromatic carbocycles. The van der Waals surface area contributed by atoms with Gasteiger partial charge in [0, 0.05) is 5.56 Å². The second-order valence-electron chi connectivity index (χ2n) is 6.08. The van der Waals surface area contributed by atoms with Crippen molar-refractivity contribution in [2.24, 2.45) is 11.3 Å². The number of hydrogen-bond acceptors (Lipinski definition) is 1. The Labute approximate surface area is 104 Å². The normalized spacial score (nSPS) is 15.9. The lowest BCUT2D eigenvalue weighted by Gasteiger charge is -2.33. The molecule has 0 bridgehead atoms. The van der Waals surface area contributed by atoms with Crippen molar-refractivity contribution in [3.63, 3.8) is 0 Å². The van der Waals surface area contributed by atoms with Crippen LogP contribution in [0.1, 0.15) is 40.2 Å². The van der Waals surface area contributed by atoms with E-state index in [0.29, 0.717) is 5.92 Å². The highest BCUT2D eigenvalue weighted by atomic mass is 16.5. The van der Waals surface area contributed by atoms with Crippen LogP contribution < -0.4 is 4.74 Å². The molecule has 1 nitrogen and oxygen atoms in total. The highest BCUT2D eigenvalue weighted by Gasteiger charge is 2.28. The Kier molecular flexibility index (Phi) is 3.03. The SMILES string of the molecule is CC(C)C1=C(C(C)(C)C)COc2ccccc21. The first kappa shape index (κ1) is 12.2. The van der Waals surface area contributed by atoms with Crippen LogP contribution >= 0.6 is 0 Å². The summed E-state index contributed by atoms with van der Waals surface area (Å²) in [5, 5.41) is 0. The Morgan fingerprint density at radius 1 is 1.12 bits per heavy atom. The van der Waals surface area contributed by atoms with Gasteiger partial charge in [-0.05, 0) is 28.5 Å². The summed E-state index contributed by atoms with van der Waals surface area (Å²) in [4.78, 5) is 0. The van der Waals surface area contributed by atoms with Gasteiger partial charge < -0.3 is 4.74 Å². The first-order chi connectivity index (χ1) is 7.91. The van der Waals surface area contributed by atoms with Gasteiger partial charge in [-0.15, -0.1) is 0 Å². The molecule has 0 atom stereocenters. The summed E-state index contributed by atoms with van der Waals surface area (Å²) in [5.74, 6) is 1.57. The summed E-state index contributed by atoms with van der Waals surface area (Å²) in [6, 6.07) is 8.38. The standard InChI is InChI=1S/C16H22O/c1-11(2)15-12-8-6-7-9-14(12)17-10-13(15)16(3,4)5/h6-9,11H,10H2,1-5H3. The van der Waals surface area contributed by atoms with Crippen LogP contribution in [0, 0.1) is 11.3 Å². The zero-order chi connectivity index (χ0) is 12.6. The second kappa shape index (κ2) is 4.21. The molecule has 0 spiro atoms. The topological polar surface area (TPSA) is 9.23 Å². The molecule has 0 radical (unpaired) electrons. The molecule has 0 aliphatic carbocycles. The first-order valence-electron chi connectivity index (χ1n) is 6.37. The van der Waals surface area contributed by atoms with Crippen LogP contribution in [0.3, 0.4) is 0 Å². The zero-order valence-corrected chi connectivity index (χ0v) is 11.5. The summed E-state index contributed by atoms with van der Waals surface area (Å²) in [6.07, 6.45) is 0. The van der Waals surface area contributed by atoms with Crippen LogP contribution in [0.25, 0.3) is 5.57 Å². The average molecular weight is 230 g/mol. The van der Waals surface area contributed by atoms with Gasteiger partial charge in [0.05, 0.1) is 0 Å². The Balaban J connectivity index is 2.63. The fourth-order valence-electron chi connectivity index (χ4n) is 2.49. The molecular weight excluding hydrogens is 208 g/mol. The van der Waals surface area contributed by atoms with E-state index in [0.717, 1.165) is 12.4 Å². The van der Waals surface area contributed by atoms with Crippen molar-refractivity contribution in [3.8, 4) is 5.75 Å². The van der Waals surface area contributed by atoms with Gasteiger partial charge in [-0.3, -0.25) is 0 Å².